The molecular weight excluding hydrogens is 280 g/mol. The van der Waals surface area contributed by atoms with Crippen molar-refractivity contribution in [1.82, 2.24) is 0 Å². The van der Waals surface area contributed by atoms with Crippen LogP contribution < -0.4 is 4.74 Å². The fraction of sp³-hybridized carbons (Fsp3) is 0.611. The van der Waals surface area contributed by atoms with E-state index in [-0.39, 0.29) is 23.2 Å². The van der Waals surface area contributed by atoms with Gasteiger partial charge in [0.05, 0.1) is 30.5 Å². The summed E-state index contributed by atoms with van der Waals surface area (Å²) in [6.07, 6.45) is 3.16. The highest BCUT2D eigenvalue weighted by atomic mass is 16.6. The van der Waals surface area contributed by atoms with Gasteiger partial charge in [0.2, 0.25) is 0 Å². The molecule has 4 atom stereocenters. The summed E-state index contributed by atoms with van der Waals surface area (Å²) < 4.78 is 17.5. The molecule has 1 saturated carbocycles. The molecule has 4 nitrogen and oxygen atoms in total. The van der Waals surface area contributed by atoms with Crippen molar-refractivity contribution in [2.45, 2.75) is 49.9 Å². The molecule has 1 aromatic carbocycles. The molecular formula is C18H22O4. The van der Waals surface area contributed by atoms with Crippen LogP contribution in [0, 0.1) is 5.92 Å². The Bertz CT molecular complexity index is 566. The van der Waals surface area contributed by atoms with Crippen molar-refractivity contribution < 1.29 is 19.0 Å². The van der Waals surface area contributed by atoms with E-state index in [1.54, 1.807) is 0 Å². The molecule has 1 aromatic rings. The van der Waals surface area contributed by atoms with E-state index in [1.165, 1.54) is 0 Å². The number of benzene rings is 1. The van der Waals surface area contributed by atoms with Crippen LogP contribution in [0.5, 0.6) is 5.75 Å². The summed E-state index contributed by atoms with van der Waals surface area (Å²) in [5.41, 5.74) is -0.287. The SMILES string of the molecule is C[C@@]1(C2CC(=O)CC[C@]23CO3)OC1CCOc1ccccc1. The third-order valence-corrected chi connectivity index (χ3v) is 5.47. The Morgan fingerprint density at radius 1 is 1.32 bits per heavy atom. The minimum atomic E-state index is -0.216. The topological polar surface area (TPSA) is 51.4 Å². The molecule has 3 fully saturated rings. The van der Waals surface area contributed by atoms with Gasteiger partial charge in [0.1, 0.15) is 11.5 Å². The molecule has 1 aliphatic carbocycles. The highest BCUT2D eigenvalue weighted by Crippen LogP contribution is 2.57. The van der Waals surface area contributed by atoms with Crippen LogP contribution >= 0.6 is 0 Å². The van der Waals surface area contributed by atoms with Crippen LogP contribution in [0.15, 0.2) is 30.3 Å². The molecule has 0 aromatic heterocycles. The van der Waals surface area contributed by atoms with Crippen molar-refractivity contribution in [3.8, 4) is 5.75 Å². The normalized spacial score (nSPS) is 39.8. The second-order valence-corrected chi connectivity index (χ2v) is 6.89. The number of carbonyl (C=O) groups excluding carboxylic acids is 1. The number of ether oxygens (including phenoxy) is 3. The van der Waals surface area contributed by atoms with Gasteiger partial charge in [0, 0.05) is 25.2 Å². The van der Waals surface area contributed by atoms with Gasteiger partial charge in [0.15, 0.2) is 0 Å². The predicted octanol–water partition coefficient (Wildman–Crippen LogP) is 2.75. The molecule has 2 unspecified atom stereocenters. The molecule has 3 aliphatic rings. The highest BCUT2D eigenvalue weighted by molar-refractivity contribution is 5.80. The average molecular weight is 302 g/mol. The maximum Gasteiger partial charge on any atom is 0.133 e. The first kappa shape index (κ1) is 14.2. The molecule has 4 heteroatoms. The maximum atomic E-state index is 11.8. The molecule has 22 heavy (non-hydrogen) atoms. The summed E-state index contributed by atoms with van der Waals surface area (Å²) in [5.74, 6) is 1.45. The van der Waals surface area contributed by atoms with Gasteiger partial charge in [-0.3, -0.25) is 4.79 Å². The summed E-state index contributed by atoms with van der Waals surface area (Å²) >= 11 is 0. The Balaban J connectivity index is 1.33. The van der Waals surface area contributed by atoms with E-state index < -0.39 is 0 Å². The van der Waals surface area contributed by atoms with Crippen molar-refractivity contribution in [3.05, 3.63) is 30.3 Å². The fourth-order valence-corrected chi connectivity index (χ4v) is 3.93. The summed E-state index contributed by atoms with van der Waals surface area (Å²) in [6, 6.07) is 9.83. The Morgan fingerprint density at radius 3 is 2.82 bits per heavy atom. The lowest BCUT2D eigenvalue weighted by Gasteiger charge is -2.31. The summed E-state index contributed by atoms with van der Waals surface area (Å²) in [7, 11) is 0. The first-order chi connectivity index (χ1) is 10.6. The molecule has 0 radical (unpaired) electrons. The molecule has 0 bridgehead atoms. The minimum absolute atomic E-state index is 0.0717. The van der Waals surface area contributed by atoms with E-state index in [4.69, 9.17) is 14.2 Å². The van der Waals surface area contributed by atoms with E-state index in [0.29, 0.717) is 25.2 Å². The Hall–Kier alpha value is -1.39. The van der Waals surface area contributed by atoms with Gasteiger partial charge in [-0.15, -0.1) is 0 Å². The molecule has 0 N–H and O–H groups in total. The van der Waals surface area contributed by atoms with Crippen LogP contribution in [-0.4, -0.2) is 36.3 Å². The lowest BCUT2D eigenvalue weighted by Crippen LogP contribution is -2.42. The van der Waals surface area contributed by atoms with Gasteiger partial charge in [-0.25, -0.2) is 0 Å². The molecule has 2 saturated heterocycles. The van der Waals surface area contributed by atoms with Crippen molar-refractivity contribution in [1.29, 1.82) is 0 Å². The highest BCUT2D eigenvalue weighted by Gasteiger charge is 2.68. The molecule has 4 rings (SSSR count). The van der Waals surface area contributed by atoms with E-state index in [0.717, 1.165) is 25.2 Å². The van der Waals surface area contributed by atoms with E-state index in [1.807, 2.05) is 30.3 Å². The number of hydrogen-bond acceptors (Lipinski definition) is 4. The van der Waals surface area contributed by atoms with Crippen molar-refractivity contribution in [2.75, 3.05) is 13.2 Å². The van der Waals surface area contributed by atoms with Crippen LogP contribution in [-0.2, 0) is 14.3 Å². The van der Waals surface area contributed by atoms with Crippen molar-refractivity contribution >= 4 is 5.78 Å². The van der Waals surface area contributed by atoms with Gasteiger partial charge >= 0.3 is 0 Å². The second kappa shape index (κ2) is 5.07. The number of Topliss-reactive ketones (excluding diaryl/α,β-unsaturated/α-hetero) is 1. The number of hydrogen-bond donors (Lipinski definition) is 0. The second-order valence-electron chi connectivity index (χ2n) is 6.89. The number of epoxide rings is 2. The maximum absolute atomic E-state index is 11.8. The smallest absolute Gasteiger partial charge is 0.133 e. The van der Waals surface area contributed by atoms with E-state index in [2.05, 4.69) is 6.92 Å². The van der Waals surface area contributed by atoms with Crippen LogP contribution in [0.25, 0.3) is 0 Å². The van der Waals surface area contributed by atoms with Crippen LogP contribution in [0.4, 0.5) is 0 Å². The quantitative estimate of drug-likeness (QED) is 0.785. The zero-order valence-electron chi connectivity index (χ0n) is 12.9. The third-order valence-electron chi connectivity index (χ3n) is 5.47. The van der Waals surface area contributed by atoms with E-state index in [9.17, 15) is 4.79 Å². The average Bonchev–Trinajstić information content (AvgIpc) is 3.43. The van der Waals surface area contributed by atoms with Crippen molar-refractivity contribution in [3.63, 3.8) is 0 Å². The lowest BCUT2D eigenvalue weighted by molar-refractivity contribution is -0.124. The summed E-state index contributed by atoms with van der Waals surface area (Å²) in [4.78, 5) is 11.8. The zero-order chi connectivity index (χ0) is 15.2. The number of ketones is 1. The summed E-state index contributed by atoms with van der Waals surface area (Å²) in [5, 5.41) is 0. The standard InChI is InChI=1S/C18H22O4/c1-17(15-11-13(19)7-9-18(15)12-21-18)16(22-17)8-10-20-14-5-3-2-4-6-14/h2-6,15-16H,7-12H2,1H3/t15?,16?,17-,18-/m0/s1. The minimum Gasteiger partial charge on any atom is -0.493 e. The molecule has 1 spiro atoms. The van der Waals surface area contributed by atoms with Crippen LogP contribution in [0.1, 0.15) is 32.6 Å². The zero-order valence-corrected chi connectivity index (χ0v) is 12.9. The van der Waals surface area contributed by atoms with Crippen LogP contribution in [0.3, 0.4) is 0 Å². The van der Waals surface area contributed by atoms with E-state index >= 15 is 0 Å². The Morgan fingerprint density at radius 2 is 2.09 bits per heavy atom. The first-order valence-electron chi connectivity index (χ1n) is 8.14. The molecule has 2 aliphatic heterocycles. The largest absolute Gasteiger partial charge is 0.493 e. The Kier molecular flexibility index (Phi) is 3.27. The summed E-state index contributed by atoms with van der Waals surface area (Å²) in [6.45, 7) is 3.56. The van der Waals surface area contributed by atoms with Gasteiger partial charge in [0.25, 0.3) is 0 Å². The van der Waals surface area contributed by atoms with Gasteiger partial charge < -0.3 is 14.2 Å². The molecule has 2 heterocycles. The predicted molar refractivity (Wildman–Crippen MR) is 80.9 cm³/mol. The third kappa shape index (κ3) is 2.44. The fourth-order valence-electron chi connectivity index (χ4n) is 3.93. The monoisotopic (exact) mass is 302 g/mol. The molecule has 118 valence electrons. The first-order valence-corrected chi connectivity index (χ1v) is 8.14. The Labute approximate surface area is 130 Å². The van der Waals surface area contributed by atoms with Gasteiger partial charge in [-0.1, -0.05) is 18.2 Å². The molecule has 0 amide bonds. The van der Waals surface area contributed by atoms with Gasteiger partial charge in [-0.05, 0) is 25.5 Å². The lowest BCUT2D eigenvalue weighted by atomic mass is 9.71. The van der Waals surface area contributed by atoms with Crippen molar-refractivity contribution in [2.24, 2.45) is 5.92 Å². The van der Waals surface area contributed by atoms with Crippen LogP contribution in [0.2, 0.25) is 0 Å². The van der Waals surface area contributed by atoms with Gasteiger partial charge in [-0.2, -0.15) is 0 Å². The number of carbonyl (C=O) groups is 1. The number of rotatable bonds is 5. The number of para-hydroxylation sites is 1.